The van der Waals surface area contributed by atoms with Crippen molar-refractivity contribution in [2.75, 3.05) is 21.7 Å². The van der Waals surface area contributed by atoms with Gasteiger partial charge >= 0.3 is 6.03 Å². The molecule has 2 N–H and O–H groups in total. The van der Waals surface area contributed by atoms with Crippen molar-refractivity contribution in [2.24, 2.45) is 0 Å². The molecule has 1 aromatic heterocycles. The molecule has 1 saturated heterocycles. The molecule has 1 aliphatic heterocycles. The van der Waals surface area contributed by atoms with Gasteiger partial charge in [0.05, 0.1) is 5.56 Å². The van der Waals surface area contributed by atoms with Crippen molar-refractivity contribution in [3.63, 3.8) is 0 Å². The Hall–Kier alpha value is -4.38. The van der Waals surface area contributed by atoms with Gasteiger partial charge in [-0.25, -0.2) is 9.78 Å². The summed E-state index contributed by atoms with van der Waals surface area (Å²) in [7, 11) is 0. The van der Waals surface area contributed by atoms with Gasteiger partial charge in [0, 0.05) is 49.2 Å². The van der Waals surface area contributed by atoms with Gasteiger partial charge in [-0.3, -0.25) is 9.69 Å². The van der Waals surface area contributed by atoms with Crippen LogP contribution < -0.4 is 20.4 Å². The Bertz CT molecular complexity index is 1280. The molecule has 0 bridgehead atoms. The minimum atomic E-state index is -0.121. The molecule has 0 unspecified atom stereocenters. The average molecular weight is 509 g/mol. The van der Waals surface area contributed by atoms with Crippen molar-refractivity contribution >= 4 is 29.1 Å². The van der Waals surface area contributed by atoms with Crippen LogP contribution in [0.3, 0.4) is 0 Å². The van der Waals surface area contributed by atoms with Crippen molar-refractivity contribution in [2.45, 2.75) is 57.2 Å². The molecule has 2 aromatic carbocycles. The maximum atomic E-state index is 13.5. The Morgan fingerprint density at radius 2 is 1.79 bits per heavy atom. The van der Waals surface area contributed by atoms with Crippen molar-refractivity contribution in [1.29, 1.82) is 5.26 Å². The van der Waals surface area contributed by atoms with Crippen molar-refractivity contribution in [3.8, 4) is 6.07 Å². The summed E-state index contributed by atoms with van der Waals surface area (Å²) in [4.78, 5) is 33.8. The number of urea groups is 1. The van der Waals surface area contributed by atoms with Gasteiger partial charge in [0.2, 0.25) is 5.91 Å². The van der Waals surface area contributed by atoms with Gasteiger partial charge in [0.1, 0.15) is 11.9 Å². The summed E-state index contributed by atoms with van der Waals surface area (Å²) in [5, 5.41) is 15.6. The van der Waals surface area contributed by atoms with E-state index in [9.17, 15) is 9.59 Å². The first-order valence-corrected chi connectivity index (χ1v) is 13.2. The van der Waals surface area contributed by atoms with E-state index in [0.29, 0.717) is 18.5 Å². The first-order valence-electron chi connectivity index (χ1n) is 13.2. The number of amides is 3. The van der Waals surface area contributed by atoms with E-state index in [1.807, 2.05) is 70.5 Å². The molecule has 8 heteroatoms. The molecular formula is C30H32N6O2. The summed E-state index contributed by atoms with van der Waals surface area (Å²) in [6, 6.07) is 23.6. The highest BCUT2D eigenvalue weighted by atomic mass is 16.2. The van der Waals surface area contributed by atoms with Crippen LogP contribution in [-0.4, -0.2) is 35.6 Å². The summed E-state index contributed by atoms with van der Waals surface area (Å²) in [6.45, 7) is 1.20. The number of rotatable bonds is 7. The molecule has 3 aromatic rings. The molecule has 3 amide bonds. The van der Waals surface area contributed by atoms with E-state index in [1.54, 1.807) is 12.3 Å². The average Bonchev–Trinajstić information content (AvgIpc) is 3.40. The monoisotopic (exact) mass is 508 g/mol. The second-order valence-corrected chi connectivity index (χ2v) is 9.87. The van der Waals surface area contributed by atoms with Gasteiger partial charge < -0.3 is 15.5 Å². The first kappa shape index (κ1) is 25.3. The maximum Gasteiger partial charge on any atom is 0.322 e. The molecule has 0 spiro atoms. The second-order valence-electron chi connectivity index (χ2n) is 9.87. The highest BCUT2D eigenvalue weighted by Gasteiger charge is 2.31. The Morgan fingerprint density at radius 1 is 1.03 bits per heavy atom. The maximum absolute atomic E-state index is 13.5. The van der Waals surface area contributed by atoms with Crippen molar-refractivity contribution in [3.05, 3.63) is 84.1 Å². The molecule has 2 heterocycles. The third-order valence-electron chi connectivity index (χ3n) is 7.32. The predicted molar refractivity (Wildman–Crippen MR) is 148 cm³/mol. The van der Waals surface area contributed by atoms with Gasteiger partial charge in [0.15, 0.2) is 0 Å². The standard InChI is InChI=1S/C30H32N6O2/c31-19-23-8-17-28(32-21-23)34-24-9-11-26(12-10-24)36(30(38)33-20-22-5-2-1-3-6-22)27-15-13-25(14-16-27)35-18-4-7-29(35)37/h1-3,5-6,8,13-17,21,24,26H,4,7,9-12,18,20H2,(H,32,34)(H,33,38)/t24-,26-. The SMILES string of the molecule is N#Cc1ccc(N[C@H]2CC[C@H](N(C(=O)NCc3ccccc3)c3ccc(N4CCCC4=O)cc3)CC2)nc1. The lowest BCUT2D eigenvalue weighted by molar-refractivity contribution is -0.117. The molecule has 1 aliphatic carbocycles. The Labute approximate surface area is 223 Å². The number of nitriles is 1. The van der Waals surface area contributed by atoms with Crippen LogP contribution in [0.5, 0.6) is 0 Å². The predicted octanol–water partition coefficient (Wildman–Crippen LogP) is 5.22. The van der Waals surface area contributed by atoms with Crippen LogP contribution in [0.15, 0.2) is 72.9 Å². The topological polar surface area (TPSA) is 101 Å². The number of hydrogen-bond donors (Lipinski definition) is 2. The van der Waals surface area contributed by atoms with Crippen LogP contribution in [0.2, 0.25) is 0 Å². The van der Waals surface area contributed by atoms with Crippen LogP contribution in [-0.2, 0) is 11.3 Å². The normalized spacial score (nSPS) is 19.0. The van der Waals surface area contributed by atoms with Crippen LogP contribution in [0.1, 0.15) is 49.7 Å². The van der Waals surface area contributed by atoms with E-state index in [4.69, 9.17) is 5.26 Å². The molecule has 194 valence electrons. The van der Waals surface area contributed by atoms with E-state index in [1.165, 1.54) is 0 Å². The number of aromatic nitrogens is 1. The molecule has 8 nitrogen and oxygen atoms in total. The number of anilines is 3. The fourth-order valence-electron chi connectivity index (χ4n) is 5.30. The summed E-state index contributed by atoms with van der Waals surface area (Å²) >= 11 is 0. The minimum absolute atomic E-state index is 0.0528. The summed E-state index contributed by atoms with van der Waals surface area (Å²) in [5.74, 6) is 0.912. The molecule has 2 fully saturated rings. The number of hydrogen-bond acceptors (Lipinski definition) is 5. The molecule has 0 radical (unpaired) electrons. The number of carbonyl (C=O) groups is 2. The van der Waals surface area contributed by atoms with Crippen molar-refractivity contribution in [1.82, 2.24) is 10.3 Å². The minimum Gasteiger partial charge on any atom is -0.367 e. The number of carbonyl (C=O) groups excluding carboxylic acids is 2. The van der Waals surface area contributed by atoms with Gasteiger partial charge in [-0.1, -0.05) is 30.3 Å². The highest BCUT2D eigenvalue weighted by Crippen LogP contribution is 2.31. The fourth-order valence-corrected chi connectivity index (χ4v) is 5.30. The number of pyridine rings is 1. The first-order chi connectivity index (χ1) is 18.6. The fraction of sp³-hybridized carbons (Fsp3) is 0.333. The zero-order valence-corrected chi connectivity index (χ0v) is 21.3. The van der Waals surface area contributed by atoms with Crippen LogP contribution in [0.4, 0.5) is 22.0 Å². The highest BCUT2D eigenvalue weighted by molar-refractivity contribution is 5.96. The van der Waals surface area contributed by atoms with E-state index in [2.05, 4.69) is 21.7 Å². The Balaban J connectivity index is 1.28. The summed E-state index contributed by atoms with van der Waals surface area (Å²) in [6.07, 6.45) is 6.53. The lowest BCUT2D eigenvalue weighted by Crippen LogP contribution is -2.48. The van der Waals surface area contributed by atoms with Crippen LogP contribution in [0.25, 0.3) is 0 Å². The summed E-state index contributed by atoms with van der Waals surface area (Å²) < 4.78 is 0. The molecule has 2 aliphatic rings. The lowest BCUT2D eigenvalue weighted by atomic mass is 9.90. The van der Waals surface area contributed by atoms with Crippen molar-refractivity contribution < 1.29 is 9.59 Å². The largest absolute Gasteiger partial charge is 0.367 e. The quantitative estimate of drug-likeness (QED) is 0.456. The second kappa shape index (κ2) is 11.8. The number of nitrogens with zero attached hydrogens (tertiary/aromatic N) is 4. The molecular weight excluding hydrogens is 476 g/mol. The number of benzene rings is 2. The van der Waals surface area contributed by atoms with E-state index in [0.717, 1.165) is 61.4 Å². The van der Waals surface area contributed by atoms with Crippen LogP contribution >= 0.6 is 0 Å². The molecule has 1 saturated carbocycles. The Morgan fingerprint density at radius 3 is 2.42 bits per heavy atom. The van der Waals surface area contributed by atoms with Gasteiger partial charge in [-0.15, -0.1) is 0 Å². The third-order valence-corrected chi connectivity index (χ3v) is 7.32. The summed E-state index contributed by atoms with van der Waals surface area (Å²) in [5.41, 5.74) is 3.29. The smallest absolute Gasteiger partial charge is 0.322 e. The van der Waals surface area contributed by atoms with Gasteiger partial charge in [0.25, 0.3) is 0 Å². The zero-order valence-electron chi connectivity index (χ0n) is 21.3. The molecule has 0 atom stereocenters. The molecule has 38 heavy (non-hydrogen) atoms. The lowest BCUT2D eigenvalue weighted by Gasteiger charge is -2.37. The van der Waals surface area contributed by atoms with Gasteiger partial charge in [-0.05, 0) is 74.1 Å². The zero-order chi connectivity index (χ0) is 26.3. The van der Waals surface area contributed by atoms with E-state index in [-0.39, 0.29) is 24.0 Å². The van der Waals surface area contributed by atoms with E-state index < -0.39 is 0 Å². The van der Waals surface area contributed by atoms with E-state index >= 15 is 0 Å². The van der Waals surface area contributed by atoms with Gasteiger partial charge in [-0.2, -0.15) is 5.26 Å². The third kappa shape index (κ3) is 5.94. The van der Waals surface area contributed by atoms with Crippen LogP contribution in [0, 0.1) is 11.3 Å². The molecule has 5 rings (SSSR count). The Kier molecular flexibility index (Phi) is 7.84. The number of nitrogens with one attached hydrogen (secondary N) is 2.